The van der Waals surface area contributed by atoms with Crippen LogP contribution in [-0.4, -0.2) is 4.57 Å². The molecule has 2 heteroatoms. The molecule has 0 radical (unpaired) electrons. The van der Waals surface area contributed by atoms with Crippen molar-refractivity contribution in [2.24, 2.45) is 0 Å². The van der Waals surface area contributed by atoms with Crippen LogP contribution in [0.5, 0.6) is 0 Å². The highest BCUT2D eigenvalue weighted by molar-refractivity contribution is 6.01. The maximum atomic E-state index is 2.40. The van der Waals surface area contributed by atoms with E-state index < -0.39 is 0 Å². The van der Waals surface area contributed by atoms with E-state index in [9.17, 15) is 0 Å². The molecule has 0 unspecified atom stereocenters. The smallest absolute Gasteiger partial charge is 0.0541 e. The van der Waals surface area contributed by atoms with Crippen molar-refractivity contribution in [3.63, 3.8) is 0 Å². The second kappa shape index (κ2) is 13.3. The molecule has 1 aliphatic carbocycles. The maximum Gasteiger partial charge on any atom is 0.0541 e. The summed E-state index contributed by atoms with van der Waals surface area (Å²) in [6.07, 6.45) is 7.86. The van der Waals surface area contributed by atoms with Crippen LogP contribution in [0, 0.1) is 0 Å². The molecule has 0 bridgehead atoms. The van der Waals surface area contributed by atoms with E-state index in [1.165, 1.54) is 61.2 Å². The number of nitrogens with zero attached hydrogens (tertiary/aromatic N) is 2. The molecule has 0 amide bonds. The third-order valence-electron chi connectivity index (χ3n) is 9.86. The molecule has 0 saturated heterocycles. The summed E-state index contributed by atoms with van der Waals surface area (Å²) in [6, 6.07) is 67.4. The van der Waals surface area contributed by atoms with Crippen LogP contribution >= 0.6 is 0 Å². The van der Waals surface area contributed by atoms with Gasteiger partial charge in [-0.25, -0.2) is 0 Å². The van der Waals surface area contributed by atoms with E-state index in [0.717, 1.165) is 23.5 Å². The Kier molecular flexibility index (Phi) is 7.96. The van der Waals surface area contributed by atoms with Gasteiger partial charge in [0.25, 0.3) is 0 Å². The van der Waals surface area contributed by atoms with Crippen LogP contribution < -0.4 is 4.90 Å². The van der Waals surface area contributed by atoms with E-state index in [1.807, 2.05) is 0 Å². The molecule has 7 aromatic carbocycles. The van der Waals surface area contributed by atoms with E-state index in [1.54, 1.807) is 0 Å². The fraction of sp³-hybridized carbons (Fsp3) is 0.0204. The van der Waals surface area contributed by atoms with Crippen molar-refractivity contribution in [2.45, 2.75) is 6.42 Å². The molecule has 0 N–H and O–H groups in total. The number of hydrogen-bond acceptors (Lipinski definition) is 1. The van der Waals surface area contributed by atoms with Crippen LogP contribution in [-0.2, 0) is 0 Å². The molecule has 1 aliphatic rings. The molecule has 242 valence electrons. The Labute approximate surface area is 299 Å². The number of fused-ring (bicyclic) bond motifs is 3. The summed E-state index contributed by atoms with van der Waals surface area (Å²) in [5.41, 5.74) is 15.6. The first-order chi connectivity index (χ1) is 25.3. The molecule has 8 aromatic rings. The lowest BCUT2D eigenvalue weighted by molar-refractivity contribution is 1.10. The number of allylic oxidation sites excluding steroid dienone is 2. The van der Waals surface area contributed by atoms with E-state index >= 15 is 0 Å². The molecule has 0 saturated carbocycles. The SMILES string of the molecule is C1=Cc2c(c3ccccc3n2-c2ccccc2)C=C(c2ccc(N(c3ccc(-c4ccccc4)cc3)c3ccc(-c4ccccc4)cc3)cc2)C1. The molecule has 1 heterocycles. The topological polar surface area (TPSA) is 8.17 Å². The summed E-state index contributed by atoms with van der Waals surface area (Å²) < 4.78 is 2.38. The average molecular weight is 653 g/mol. The fourth-order valence-corrected chi connectivity index (χ4v) is 7.33. The monoisotopic (exact) mass is 652 g/mol. The molecule has 9 rings (SSSR count). The lowest BCUT2D eigenvalue weighted by Gasteiger charge is -2.26. The highest BCUT2D eigenvalue weighted by Gasteiger charge is 2.19. The Hall–Kier alpha value is -6.64. The number of aromatic nitrogens is 1. The molecule has 0 aliphatic heterocycles. The van der Waals surface area contributed by atoms with Gasteiger partial charge in [0.1, 0.15) is 0 Å². The standard InChI is InChI=1S/C49H36N2/c1-4-13-36(14-5-1)38-23-29-43(30-24-38)50(44-31-25-39(26-32-44)37-15-6-2-7-16-37)45-33-27-40(28-34-45)41-17-12-22-49-47(35-41)46-20-10-11-21-48(46)51(49)42-18-8-3-9-19-42/h1-16,18-35H,17H2. The first kappa shape index (κ1) is 30.4. The lowest BCUT2D eigenvalue weighted by Crippen LogP contribution is -2.10. The van der Waals surface area contributed by atoms with Gasteiger partial charge in [0.15, 0.2) is 0 Å². The third-order valence-corrected chi connectivity index (χ3v) is 9.86. The molecule has 0 spiro atoms. The van der Waals surface area contributed by atoms with Crippen LogP contribution in [0.3, 0.4) is 0 Å². The van der Waals surface area contributed by atoms with Gasteiger partial charge >= 0.3 is 0 Å². The normalized spacial score (nSPS) is 12.3. The first-order valence-electron chi connectivity index (χ1n) is 17.6. The average Bonchev–Trinajstić information content (AvgIpc) is 3.35. The van der Waals surface area contributed by atoms with Crippen molar-refractivity contribution in [2.75, 3.05) is 4.90 Å². The Balaban J connectivity index is 1.10. The molecule has 51 heavy (non-hydrogen) atoms. The minimum absolute atomic E-state index is 0.864. The lowest BCUT2D eigenvalue weighted by atomic mass is 9.99. The molecular formula is C49H36N2. The summed E-state index contributed by atoms with van der Waals surface area (Å²) >= 11 is 0. The van der Waals surface area contributed by atoms with Crippen molar-refractivity contribution >= 4 is 45.7 Å². The Morgan fingerprint density at radius 2 is 0.863 bits per heavy atom. The predicted octanol–water partition coefficient (Wildman–Crippen LogP) is 13.4. The molecule has 0 atom stereocenters. The molecule has 2 nitrogen and oxygen atoms in total. The van der Waals surface area contributed by atoms with Gasteiger partial charge in [-0.3, -0.25) is 0 Å². The number of para-hydroxylation sites is 2. The van der Waals surface area contributed by atoms with Gasteiger partial charge in [0, 0.05) is 33.7 Å². The van der Waals surface area contributed by atoms with E-state index in [4.69, 9.17) is 0 Å². The van der Waals surface area contributed by atoms with Gasteiger partial charge in [-0.2, -0.15) is 0 Å². The Bertz CT molecular complexity index is 2410. The van der Waals surface area contributed by atoms with Gasteiger partial charge in [0.2, 0.25) is 0 Å². The summed E-state index contributed by atoms with van der Waals surface area (Å²) in [7, 11) is 0. The van der Waals surface area contributed by atoms with Gasteiger partial charge in [-0.15, -0.1) is 0 Å². The minimum atomic E-state index is 0.864. The highest BCUT2D eigenvalue weighted by Crippen LogP contribution is 2.40. The molecular weight excluding hydrogens is 617 g/mol. The van der Waals surface area contributed by atoms with Crippen molar-refractivity contribution in [1.29, 1.82) is 0 Å². The predicted molar refractivity (Wildman–Crippen MR) is 217 cm³/mol. The zero-order valence-electron chi connectivity index (χ0n) is 28.2. The quantitative estimate of drug-likeness (QED) is 0.166. The first-order valence-corrected chi connectivity index (χ1v) is 17.6. The van der Waals surface area contributed by atoms with Crippen LogP contribution in [0.15, 0.2) is 194 Å². The van der Waals surface area contributed by atoms with Crippen molar-refractivity contribution in [3.8, 4) is 27.9 Å². The fourth-order valence-electron chi connectivity index (χ4n) is 7.33. The molecule has 0 fully saturated rings. The third kappa shape index (κ3) is 5.88. The van der Waals surface area contributed by atoms with Crippen molar-refractivity contribution in [1.82, 2.24) is 4.57 Å². The van der Waals surface area contributed by atoms with Gasteiger partial charge in [-0.1, -0.05) is 140 Å². The van der Waals surface area contributed by atoms with Gasteiger partial charge in [0.05, 0.1) is 11.2 Å². The summed E-state index contributed by atoms with van der Waals surface area (Å²) in [6.45, 7) is 0. The second-order valence-electron chi connectivity index (χ2n) is 13.0. The Morgan fingerprint density at radius 1 is 0.412 bits per heavy atom. The molecule has 1 aromatic heterocycles. The van der Waals surface area contributed by atoms with E-state index in [0.29, 0.717) is 0 Å². The largest absolute Gasteiger partial charge is 0.311 e. The van der Waals surface area contributed by atoms with Crippen molar-refractivity contribution in [3.05, 3.63) is 211 Å². The van der Waals surface area contributed by atoms with E-state index in [-0.39, 0.29) is 0 Å². The van der Waals surface area contributed by atoms with E-state index in [2.05, 4.69) is 216 Å². The maximum absolute atomic E-state index is 2.40. The summed E-state index contributed by atoms with van der Waals surface area (Å²) in [5.74, 6) is 0. The second-order valence-corrected chi connectivity index (χ2v) is 13.0. The number of hydrogen-bond donors (Lipinski definition) is 0. The minimum Gasteiger partial charge on any atom is -0.311 e. The number of anilines is 3. The van der Waals surface area contributed by atoms with Gasteiger partial charge < -0.3 is 9.47 Å². The number of benzene rings is 7. The zero-order valence-corrected chi connectivity index (χ0v) is 28.2. The van der Waals surface area contributed by atoms with Crippen LogP contribution in [0.25, 0.3) is 56.6 Å². The van der Waals surface area contributed by atoms with Crippen LogP contribution in [0.2, 0.25) is 0 Å². The Morgan fingerprint density at radius 3 is 1.41 bits per heavy atom. The van der Waals surface area contributed by atoms with Crippen LogP contribution in [0.1, 0.15) is 23.2 Å². The zero-order chi connectivity index (χ0) is 34.0. The van der Waals surface area contributed by atoms with Crippen LogP contribution in [0.4, 0.5) is 17.1 Å². The van der Waals surface area contributed by atoms with Gasteiger partial charge in [-0.05, 0) is 107 Å². The highest BCUT2D eigenvalue weighted by atomic mass is 15.1. The number of rotatable bonds is 7. The summed E-state index contributed by atoms with van der Waals surface area (Å²) in [5, 5.41) is 1.26. The van der Waals surface area contributed by atoms with Crippen molar-refractivity contribution < 1.29 is 0 Å². The summed E-state index contributed by atoms with van der Waals surface area (Å²) in [4.78, 5) is 2.35.